The zero-order valence-electron chi connectivity index (χ0n) is 13.1. The summed E-state index contributed by atoms with van der Waals surface area (Å²) in [5, 5.41) is 10.2. The van der Waals surface area contributed by atoms with Crippen molar-refractivity contribution in [3.8, 4) is 0 Å². The van der Waals surface area contributed by atoms with E-state index >= 15 is 0 Å². The molecular weight excluding hydrogens is 248 g/mol. The Labute approximate surface area is 122 Å². The number of ketones is 1. The molecule has 6 atom stereocenters. The van der Waals surface area contributed by atoms with E-state index < -0.39 is 0 Å². The van der Waals surface area contributed by atoms with Gasteiger partial charge in [-0.25, -0.2) is 0 Å². The highest BCUT2D eigenvalue weighted by molar-refractivity contribution is 5.91. The lowest BCUT2D eigenvalue weighted by atomic mass is 9.51. The van der Waals surface area contributed by atoms with E-state index in [9.17, 15) is 9.90 Å². The van der Waals surface area contributed by atoms with Crippen LogP contribution < -0.4 is 0 Å². The van der Waals surface area contributed by atoms with Gasteiger partial charge in [-0.05, 0) is 74.2 Å². The Hall–Kier alpha value is -0.630. The van der Waals surface area contributed by atoms with Crippen molar-refractivity contribution in [3.63, 3.8) is 0 Å². The number of allylic oxidation sites excluding steroid dienone is 2. The van der Waals surface area contributed by atoms with Crippen LogP contribution in [0.3, 0.4) is 0 Å². The molecule has 2 nitrogen and oxygen atoms in total. The Bertz CT molecular complexity index is 437. The van der Waals surface area contributed by atoms with Gasteiger partial charge >= 0.3 is 0 Å². The Morgan fingerprint density at radius 1 is 1.25 bits per heavy atom. The summed E-state index contributed by atoms with van der Waals surface area (Å²) >= 11 is 0. The third-order valence-electron chi connectivity index (χ3n) is 7.01. The van der Waals surface area contributed by atoms with Crippen LogP contribution in [0.1, 0.15) is 59.3 Å². The number of hydrogen-bond donors (Lipinski definition) is 1. The van der Waals surface area contributed by atoms with Gasteiger partial charge in [0.05, 0.1) is 6.10 Å². The molecule has 0 aromatic heterocycles. The lowest BCUT2D eigenvalue weighted by Gasteiger charge is -2.54. The van der Waals surface area contributed by atoms with E-state index in [-0.39, 0.29) is 11.5 Å². The highest BCUT2D eigenvalue weighted by Crippen LogP contribution is 2.57. The summed E-state index contributed by atoms with van der Waals surface area (Å²) in [7, 11) is 0. The first-order chi connectivity index (χ1) is 9.43. The van der Waals surface area contributed by atoms with E-state index in [0.717, 1.165) is 37.5 Å². The predicted octanol–water partition coefficient (Wildman–Crippen LogP) is 3.74. The molecular formula is C18H28O2. The van der Waals surface area contributed by atoms with Gasteiger partial charge in [-0.15, -0.1) is 0 Å². The van der Waals surface area contributed by atoms with Crippen LogP contribution in [0.15, 0.2) is 11.6 Å². The largest absolute Gasteiger partial charge is 0.393 e. The molecule has 1 unspecified atom stereocenters. The van der Waals surface area contributed by atoms with Gasteiger partial charge in [0, 0.05) is 6.42 Å². The van der Waals surface area contributed by atoms with Crippen LogP contribution in [0.2, 0.25) is 0 Å². The van der Waals surface area contributed by atoms with Crippen LogP contribution in [0.5, 0.6) is 0 Å². The van der Waals surface area contributed by atoms with Crippen molar-refractivity contribution in [1.29, 1.82) is 0 Å². The van der Waals surface area contributed by atoms with Crippen molar-refractivity contribution < 1.29 is 9.90 Å². The molecule has 20 heavy (non-hydrogen) atoms. The first-order valence-electron chi connectivity index (χ1n) is 8.35. The third kappa shape index (κ3) is 2.07. The monoisotopic (exact) mass is 276 g/mol. The van der Waals surface area contributed by atoms with Crippen LogP contribution >= 0.6 is 0 Å². The number of hydrogen-bond acceptors (Lipinski definition) is 2. The fourth-order valence-electron chi connectivity index (χ4n) is 5.28. The summed E-state index contributed by atoms with van der Waals surface area (Å²) in [4.78, 5) is 11.6. The highest BCUT2D eigenvalue weighted by atomic mass is 16.3. The number of rotatable bonds is 1. The molecule has 3 aliphatic carbocycles. The molecule has 0 saturated heterocycles. The minimum absolute atomic E-state index is 0.0763. The molecule has 0 aromatic rings. The maximum atomic E-state index is 11.6. The normalized spacial score (nSPS) is 46.2. The number of carbonyl (C=O) groups is 1. The first kappa shape index (κ1) is 14.3. The van der Waals surface area contributed by atoms with Gasteiger partial charge in [0.25, 0.3) is 0 Å². The minimum Gasteiger partial charge on any atom is -0.393 e. The van der Waals surface area contributed by atoms with Gasteiger partial charge in [-0.1, -0.05) is 19.4 Å². The zero-order chi connectivity index (χ0) is 14.5. The van der Waals surface area contributed by atoms with Crippen molar-refractivity contribution in [1.82, 2.24) is 0 Å². The highest BCUT2D eigenvalue weighted by Gasteiger charge is 2.50. The molecule has 0 spiro atoms. The van der Waals surface area contributed by atoms with Crippen LogP contribution in [-0.2, 0) is 4.79 Å². The van der Waals surface area contributed by atoms with Gasteiger partial charge in [0.1, 0.15) is 0 Å². The van der Waals surface area contributed by atoms with E-state index in [0.29, 0.717) is 17.6 Å². The van der Waals surface area contributed by atoms with Crippen molar-refractivity contribution in [3.05, 3.63) is 11.6 Å². The fraction of sp³-hybridized carbons (Fsp3) is 0.833. The molecule has 3 rings (SSSR count). The molecule has 1 N–H and O–H groups in total. The van der Waals surface area contributed by atoms with E-state index in [2.05, 4.69) is 13.8 Å². The lowest BCUT2D eigenvalue weighted by Crippen LogP contribution is -2.49. The molecule has 2 fully saturated rings. The lowest BCUT2D eigenvalue weighted by molar-refractivity contribution is -0.116. The summed E-state index contributed by atoms with van der Waals surface area (Å²) in [5.74, 6) is 3.07. The van der Waals surface area contributed by atoms with E-state index in [1.165, 1.54) is 18.4 Å². The molecule has 3 aliphatic rings. The summed E-state index contributed by atoms with van der Waals surface area (Å²) in [5.41, 5.74) is 1.52. The molecule has 0 radical (unpaired) electrons. The molecule has 2 saturated carbocycles. The fourth-order valence-corrected chi connectivity index (χ4v) is 5.28. The quantitative estimate of drug-likeness (QED) is 0.792. The predicted molar refractivity (Wildman–Crippen MR) is 80.2 cm³/mol. The SMILES string of the molecule is CC1[C@@H]2CCC3=CC(=O)CC[C@@H]3[C@H]2CC[C@]1(C)[C@H](C)O. The smallest absolute Gasteiger partial charge is 0.155 e. The number of aliphatic hydroxyl groups is 1. The Morgan fingerprint density at radius 2 is 2.00 bits per heavy atom. The van der Waals surface area contributed by atoms with Gasteiger partial charge in [0.2, 0.25) is 0 Å². The summed E-state index contributed by atoms with van der Waals surface area (Å²) in [6.07, 6.45) is 8.24. The van der Waals surface area contributed by atoms with Crippen LogP contribution in [-0.4, -0.2) is 17.0 Å². The number of fused-ring (bicyclic) bond motifs is 3. The third-order valence-corrected chi connectivity index (χ3v) is 7.01. The molecule has 0 amide bonds. The maximum Gasteiger partial charge on any atom is 0.155 e. The van der Waals surface area contributed by atoms with Crippen LogP contribution in [0.4, 0.5) is 0 Å². The molecule has 2 heteroatoms. The van der Waals surface area contributed by atoms with Crippen molar-refractivity contribution in [2.24, 2.45) is 29.1 Å². The topological polar surface area (TPSA) is 37.3 Å². The second kappa shape index (κ2) is 4.98. The van der Waals surface area contributed by atoms with Crippen LogP contribution in [0, 0.1) is 29.1 Å². The van der Waals surface area contributed by atoms with E-state index in [4.69, 9.17) is 0 Å². The second-order valence-corrected chi connectivity index (χ2v) is 7.71. The average Bonchev–Trinajstić information content (AvgIpc) is 2.42. The number of carbonyl (C=O) groups excluding carboxylic acids is 1. The van der Waals surface area contributed by atoms with E-state index in [1.807, 2.05) is 13.0 Å². The maximum absolute atomic E-state index is 11.6. The summed E-state index contributed by atoms with van der Waals surface area (Å²) in [6.45, 7) is 6.59. The van der Waals surface area contributed by atoms with Crippen LogP contribution in [0.25, 0.3) is 0 Å². The number of aliphatic hydroxyl groups excluding tert-OH is 1. The summed E-state index contributed by atoms with van der Waals surface area (Å²) < 4.78 is 0. The van der Waals surface area contributed by atoms with E-state index in [1.54, 1.807) is 0 Å². The standard InChI is InChI=1S/C18H28O2/c1-11-15-6-4-13-10-14(20)5-7-16(13)17(15)8-9-18(11,3)12(2)19/h10-12,15-17,19H,4-9H2,1-3H3/t11?,12-,15-,16-,17-,18-/m0/s1. The second-order valence-electron chi connectivity index (χ2n) is 7.71. The van der Waals surface area contributed by atoms with Crippen molar-refractivity contribution in [2.45, 2.75) is 65.4 Å². The van der Waals surface area contributed by atoms with Gasteiger partial charge in [-0.3, -0.25) is 4.79 Å². The molecule has 112 valence electrons. The molecule has 0 bridgehead atoms. The Balaban J connectivity index is 1.84. The first-order valence-corrected chi connectivity index (χ1v) is 8.35. The zero-order valence-corrected chi connectivity index (χ0v) is 13.1. The van der Waals surface area contributed by atoms with Crippen molar-refractivity contribution >= 4 is 5.78 Å². The van der Waals surface area contributed by atoms with Gasteiger partial charge in [-0.2, -0.15) is 0 Å². The van der Waals surface area contributed by atoms with Gasteiger partial charge < -0.3 is 5.11 Å². The van der Waals surface area contributed by atoms with Gasteiger partial charge in [0.15, 0.2) is 5.78 Å². The summed E-state index contributed by atoms with van der Waals surface area (Å²) in [6, 6.07) is 0. The Morgan fingerprint density at radius 3 is 2.70 bits per heavy atom. The molecule has 0 aliphatic heterocycles. The Kier molecular flexibility index (Phi) is 3.56. The minimum atomic E-state index is -0.219. The average molecular weight is 276 g/mol. The molecule has 0 heterocycles. The van der Waals surface area contributed by atoms with Crippen molar-refractivity contribution in [2.75, 3.05) is 0 Å². The molecule has 0 aromatic carbocycles.